The lowest BCUT2D eigenvalue weighted by Gasteiger charge is -2.28. The number of pyridine rings is 1. The van der Waals surface area contributed by atoms with Crippen molar-refractivity contribution in [3.05, 3.63) is 18.2 Å². The van der Waals surface area contributed by atoms with Crippen molar-refractivity contribution in [1.82, 2.24) is 4.98 Å². The highest BCUT2D eigenvalue weighted by molar-refractivity contribution is 5.38. The molecule has 0 saturated carbocycles. The summed E-state index contributed by atoms with van der Waals surface area (Å²) < 4.78 is 10.5. The summed E-state index contributed by atoms with van der Waals surface area (Å²) in [5.74, 6) is 2.19. The number of nitrogens with one attached hydrogen (secondary N) is 1. The van der Waals surface area contributed by atoms with Crippen LogP contribution in [0.5, 0.6) is 5.88 Å². The lowest BCUT2D eigenvalue weighted by atomic mass is 9.93. The van der Waals surface area contributed by atoms with Gasteiger partial charge in [-0.2, -0.15) is 4.98 Å². The molecule has 1 aliphatic heterocycles. The van der Waals surface area contributed by atoms with E-state index in [1.807, 2.05) is 18.2 Å². The summed E-state index contributed by atoms with van der Waals surface area (Å²) in [6.45, 7) is 3.96. The van der Waals surface area contributed by atoms with Crippen LogP contribution in [0.4, 0.5) is 5.82 Å². The quantitative estimate of drug-likeness (QED) is 0.871. The van der Waals surface area contributed by atoms with E-state index >= 15 is 0 Å². The number of nitrogens with zero attached hydrogens (tertiary/aromatic N) is 1. The topological polar surface area (TPSA) is 43.4 Å². The van der Waals surface area contributed by atoms with Crippen molar-refractivity contribution in [2.45, 2.75) is 25.8 Å². The lowest BCUT2D eigenvalue weighted by Crippen LogP contribution is -2.31. The maximum absolute atomic E-state index is 5.37. The van der Waals surface area contributed by atoms with Gasteiger partial charge in [0.15, 0.2) is 0 Å². The molecule has 1 unspecified atom stereocenters. The molecule has 1 N–H and O–H groups in total. The molecule has 0 amide bonds. The first-order chi connectivity index (χ1) is 8.29. The van der Waals surface area contributed by atoms with Crippen LogP contribution in [-0.4, -0.2) is 31.3 Å². The second-order valence-electron chi connectivity index (χ2n) is 4.45. The third-order valence-electron chi connectivity index (χ3n) is 3.28. The summed E-state index contributed by atoms with van der Waals surface area (Å²) in [6.07, 6.45) is 2.25. The van der Waals surface area contributed by atoms with Crippen LogP contribution in [0.2, 0.25) is 0 Å². The molecule has 4 nitrogen and oxygen atoms in total. The van der Waals surface area contributed by atoms with Crippen LogP contribution in [0.25, 0.3) is 0 Å². The molecular formula is C13H20N2O2. The molecule has 1 aromatic heterocycles. The summed E-state index contributed by atoms with van der Waals surface area (Å²) in [7, 11) is 1.63. The fourth-order valence-corrected chi connectivity index (χ4v) is 2.18. The first-order valence-corrected chi connectivity index (χ1v) is 6.15. The zero-order chi connectivity index (χ0) is 12.1. The predicted molar refractivity (Wildman–Crippen MR) is 67.4 cm³/mol. The Morgan fingerprint density at radius 2 is 2.18 bits per heavy atom. The second kappa shape index (κ2) is 5.87. The molecule has 17 heavy (non-hydrogen) atoms. The molecule has 2 rings (SSSR count). The van der Waals surface area contributed by atoms with E-state index in [0.29, 0.717) is 17.8 Å². The van der Waals surface area contributed by atoms with Gasteiger partial charge in [-0.25, -0.2) is 0 Å². The zero-order valence-corrected chi connectivity index (χ0v) is 10.5. The normalized spacial score (nSPS) is 18.7. The van der Waals surface area contributed by atoms with E-state index in [-0.39, 0.29) is 0 Å². The molecule has 1 aromatic rings. The van der Waals surface area contributed by atoms with Crippen molar-refractivity contribution < 1.29 is 9.47 Å². The molecule has 0 aromatic carbocycles. The number of anilines is 1. The average Bonchev–Trinajstić information content (AvgIpc) is 2.40. The van der Waals surface area contributed by atoms with Gasteiger partial charge in [0.05, 0.1) is 7.11 Å². The van der Waals surface area contributed by atoms with E-state index in [0.717, 1.165) is 31.9 Å². The molecule has 1 aliphatic rings. The van der Waals surface area contributed by atoms with Crippen LogP contribution in [0.3, 0.4) is 0 Å². The van der Waals surface area contributed by atoms with Crippen molar-refractivity contribution in [1.29, 1.82) is 0 Å². The van der Waals surface area contributed by atoms with Crippen molar-refractivity contribution in [2.24, 2.45) is 5.92 Å². The van der Waals surface area contributed by atoms with Gasteiger partial charge in [-0.05, 0) is 31.7 Å². The Bertz CT molecular complexity index is 351. The van der Waals surface area contributed by atoms with Gasteiger partial charge < -0.3 is 14.8 Å². The van der Waals surface area contributed by atoms with Crippen LogP contribution in [0, 0.1) is 5.92 Å². The molecule has 1 saturated heterocycles. The van der Waals surface area contributed by atoms with Crippen LogP contribution >= 0.6 is 0 Å². The van der Waals surface area contributed by atoms with E-state index in [1.54, 1.807) is 7.11 Å². The van der Waals surface area contributed by atoms with Crippen LogP contribution < -0.4 is 10.1 Å². The van der Waals surface area contributed by atoms with Crippen molar-refractivity contribution in [2.75, 3.05) is 25.6 Å². The molecule has 1 fully saturated rings. The monoisotopic (exact) mass is 236 g/mol. The van der Waals surface area contributed by atoms with Gasteiger partial charge in [0.1, 0.15) is 5.82 Å². The summed E-state index contributed by atoms with van der Waals surface area (Å²) in [4.78, 5) is 4.36. The minimum Gasteiger partial charge on any atom is -0.481 e. The molecule has 2 heterocycles. The van der Waals surface area contributed by atoms with E-state index in [4.69, 9.17) is 9.47 Å². The first kappa shape index (κ1) is 12.2. The molecule has 0 bridgehead atoms. The highest BCUT2D eigenvalue weighted by atomic mass is 16.5. The molecule has 0 aliphatic carbocycles. The summed E-state index contributed by atoms with van der Waals surface area (Å²) in [5, 5.41) is 3.44. The van der Waals surface area contributed by atoms with Gasteiger partial charge in [-0.15, -0.1) is 0 Å². The Labute approximate surface area is 102 Å². The van der Waals surface area contributed by atoms with Crippen LogP contribution in [-0.2, 0) is 4.74 Å². The first-order valence-electron chi connectivity index (χ1n) is 6.15. The summed E-state index contributed by atoms with van der Waals surface area (Å²) in [6, 6.07) is 6.19. The molecule has 1 atom stereocenters. The molecule has 0 spiro atoms. The number of aromatic nitrogens is 1. The fraction of sp³-hybridized carbons (Fsp3) is 0.615. The minimum atomic E-state index is 0.415. The smallest absolute Gasteiger partial charge is 0.214 e. The van der Waals surface area contributed by atoms with Gasteiger partial charge in [0, 0.05) is 25.3 Å². The van der Waals surface area contributed by atoms with Gasteiger partial charge >= 0.3 is 0 Å². The maximum Gasteiger partial charge on any atom is 0.214 e. The Hall–Kier alpha value is -1.29. The van der Waals surface area contributed by atoms with Crippen LogP contribution in [0.15, 0.2) is 18.2 Å². The third kappa shape index (κ3) is 3.33. The summed E-state index contributed by atoms with van der Waals surface area (Å²) in [5.41, 5.74) is 0. The van der Waals surface area contributed by atoms with Crippen molar-refractivity contribution >= 4 is 5.82 Å². The fourth-order valence-electron chi connectivity index (χ4n) is 2.18. The van der Waals surface area contributed by atoms with E-state index in [2.05, 4.69) is 17.2 Å². The van der Waals surface area contributed by atoms with Gasteiger partial charge in [0.25, 0.3) is 0 Å². The van der Waals surface area contributed by atoms with Gasteiger partial charge in [0.2, 0.25) is 5.88 Å². The van der Waals surface area contributed by atoms with Gasteiger partial charge in [-0.3, -0.25) is 0 Å². The second-order valence-corrected chi connectivity index (χ2v) is 4.45. The number of hydrogen-bond donors (Lipinski definition) is 1. The van der Waals surface area contributed by atoms with Crippen molar-refractivity contribution in [3.8, 4) is 5.88 Å². The molecule has 0 radical (unpaired) electrons. The largest absolute Gasteiger partial charge is 0.481 e. The Balaban J connectivity index is 1.94. The molecule has 94 valence electrons. The van der Waals surface area contributed by atoms with E-state index < -0.39 is 0 Å². The Morgan fingerprint density at radius 1 is 1.41 bits per heavy atom. The SMILES string of the molecule is COc1cccc(NC(C)C2CCOCC2)n1. The van der Waals surface area contributed by atoms with Gasteiger partial charge in [-0.1, -0.05) is 6.07 Å². The third-order valence-corrected chi connectivity index (χ3v) is 3.28. The maximum atomic E-state index is 5.37. The Morgan fingerprint density at radius 3 is 2.88 bits per heavy atom. The standard InChI is InChI=1S/C13H20N2O2/c1-10(11-6-8-17-9-7-11)14-12-4-3-5-13(15-12)16-2/h3-5,10-11H,6-9H2,1-2H3,(H,14,15). The van der Waals surface area contributed by atoms with Crippen molar-refractivity contribution in [3.63, 3.8) is 0 Å². The van der Waals surface area contributed by atoms with E-state index in [1.165, 1.54) is 0 Å². The highest BCUT2D eigenvalue weighted by Gasteiger charge is 2.20. The molecular weight excluding hydrogens is 216 g/mol. The zero-order valence-electron chi connectivity index (χ0n) is 10.5. The number of methoxy groups -OCH3 is 1. The Kier molecular flexibility index (Phi) is 4.20. The molecule has 4 heteroatoms. The number of hydrogen-bond acceptors (Lipinski definition) is 4. The minimum absolute atomic E-state index is 0.415. The number of ether oxygens (including phenoxy) is 2. The van der Waals surface area contributed by atoms with Crippen LogP contribution in [0.1, 0.15) is 19.8 Å². The van der Waals surface area contributed by atoms with E-state index in [9.17, 15) is 0 Å². The predicted octanol–water partition coefficient (Wildman–Crippen LogP) is 2.32. The average molecular weight is 236 g/mol. The summed E-state index contributed by atoms with van der Waals surface area (Å²) >= 11 is 0. The lowest BCUT2D eigenvalue weighted by molar-refractivity contribution is 0.0622. The highest BCUT2D eigenvalue weighted by Crippen LogP contribution is 2.21. The number of rotatable bonds is 4.